The Bertz CT molecular complexity index is 158. The Labute approximate surface area is 75.1 Å². The van der Waals surface area contributed by atoms with Crippen molar-refractivity contribution in [1.29, 1.82) is 0 Å². The van der Waals surface area contributed by atoms with Gasteiger partial charge in [-0.3, -0.25) is 4.90 Å². The zero-order valence-electron chi connectivity index (χ0n) is 8.05. The van der Waals surface area contributed by atoms with E-state index in [1.54, 1.807) is 0 Å². The third kappa shape index (κ3) is 1.17. The summed E-state index contributed by atoms with van der Waals surface area (Å²) in [5.74, 6) is 0. The zero-order valence-corrected chi connectivity index (χ0v) is 8.05. The van der Waals surface area contributed by atoms with Crippen LogP contribution in [0.5, 0.6) is 0 Å². The maximum Gasteiger partial charge on any atom is 0.0207 e. The number of nitrogens with two attached hydrogens (primary N) is 1. The van der Waals surface area contributed by atoms with Crippen molar-refractivity contribution in [1.82, 2.24) is 4.90 Å². The SMILES string of the molecule is CCC1(N2CCC(N)C2)CCC1. The molecule has 1 atom stereocenters. The molecular formula is C10H20N2. The fraction of sp³-hybridized carbons (Fsp3) is 1.00. The van der Waals surface area contributed by atoms with E-state index in [0.29, 0.717) is 11.6 Å². The third-order valence-corrected chi connectivity index (χ3v) is 3.84. The first-order valence-corrected chi connectivity index (χ1v) is 5.27. The number of nitrogens with zero attached hydrogens (tertiary/aromatic N) is 1. The third-order valence-electron chi connectivity index (χ3n) is 3.84. The largest absolute Gasteiger partial charge is 0.326 e. The molecule has 0 radical (unpaired) electrons. The zero-order chi connectivity index (χ0) is 8.60. The number of hydrogen-bond acceptors (Lipinski definition) is 2. The van der Waals surface area contributed by atoms with Gasteiger partial charge >= 0.3 is 0 Å². The fourth-order valence-corrected chi connectivity index (χ4v) is 2.70. The first-order valence-electron chi connectivity index (χ1n) is 5.27. The average Bonchev–Trinajstić information content (AvgIpc) is 2.35. The molecule has 0 aromatic rings. The molecule has 2 nitrogen and oxygen atoms in total. The van der Waals surface area contributed by atoms with Crippen molar-refractivity contribution in [2.24, 2.45) is 5.73 Å². The van der Waals surface area contributed by atoms with E-state index in [1.165, 1.54) is 38.6 Å². The van der Waals surface area contributed by atoms with Crippen molar-refractivity contribution in [3.63, 3.8) is 0 Å². The van der Waals surface area contributed by atoms with Crippen LogP contribution < -0.4 is 5.73 Å². The molecule has 1 aliphatic carbocycles. The van der Waals surface area contributed by atoms with Gasteiger partial charge in [0.05, 0.1) is 0 Å². The van der Waals surface area contributed by atoms with E-state index in [2.05, 4.69) is 11.8 Å². The average molecular weight is 168 g/mol. The topological polar surface area (TPSA) is 29.3 Å². The summed E-state index contributed by atoms with van der Waals surface area (Å²) in [6.45, 7) is 4.71. The van der Waals surface area contributed by atoms with Crippen LogP contribution in [0.1, 0.15) is 39.0 Å². The summed E-state index contributed by atoms with van der Waals surface area (Å²) in [4.78, 5) is 2.64. The summed E-state index contributed by atoms with van der Waals surface area (Å²) in [5, 5.41) is 0. The van der Waals surface area contributed by atoms with E-state index in [0.717, 1.165) is 6.54 Å². The molecular weight excluding hydrogens is 148 g/mol. The minimum Gasteiger partial charge on any atom is -0.326 e. The molecule has 1 unspecified atom stereocenters. The van der Waals surface area contributed by atoms with Crippen LogP contribution in [0.2, 0.25) is 0 Å². The fourth-order valence-electron chi connectivity index (χ4n) is 2.70. The van der Waals surface area contributed by atoms with Crippen LogP contribution in [0.25, 0.3) is 0 Å². The molecule has 1 aliphatic heterocycles. The smallest absolute Gasteiger partial charge is 0.0207 e. The molecule has 2 fully saturated rings. The van der Waals surface area contributed by atoms with E-state index in [4.69, 9.17) is 5.73 Å². The summed E-state index contributed by atoms with van der Waals surface area (Å²) in [7, 11) is 0. The minimum atomic E-state index is 0.453. The van der Waals surface area contributed by atoms with Gasteiger partial charge in [-0.2, -0.15) is 0 Å². The Morgan fingerprint density at radius 2 is 2.25 bits per heavy atom. The second-order valence-corrected chi connectivity index (χ2v) is 4.43. The van der Waals surface area contributed by atoms with Crippen LogP contribution in [-0.4, -0.2) is 29.6 Å². The molecule has 2 rings (SSSR count). The van der Waals surface area contributed by atoms with Gasteiger partial charge in [0.1, 0.15) is 0 Å². The van der Waals surface area contributed by atoms with E-state index in [-0.39, 0.29) is 0 Å². The second kappa shape index (κ2) is 3.00. The van der Waals surface area contributed by atoms with Crippen LogP contribution in [-0.2, 0) is 0 Å². The van der Waals surface area contributed by atoms with Gasteiger partial charge in [-0.15, -0.1) is 0 Å². The summed E-state index contributed by atoms with van der Waals surface area (Å²) in [5.41, 5.74) is 6.49. The van der Waals surface area contributed by atoms with Gasteiger partial charge in [0.15, 0.2) is 0 Å². The highest BCUT2D eigenvalue weighted by Crippen LogP contribution is 2.41. The van der Waals surface area contributed by atoms with Crippen molar-refractivity contribution < 1.29 is 0 Å². The van der Waals surface area contributed by atoms with Gasteiger partial charge in [-0.05, 0) is 32.1 Å². The summed E-state index contributed by atoms with van der Waals surface area (Å²) < 4.78 is 0. The van der Waals surface area contributed by atoms with Gasteiger partial charge < -0.3 is 5.73 Å². The summed E-state index contributed by atoms with van der Waals surface area (Å²) >= 11 is 0. The predicted octanol–water partition coefficient (Wildman–Crippen LogP) is 1.35. The molecule has 1 saturated carbocycles. The van der Waals surface area contributed by atoms with Crippen molar-refractivity contribution >= 4 is 0 Å². The van der Waals surface area contributed by atoms with Crippen LogP contribution in [0, 0.1) is 0 Å². The first kappa shape index (κ1) is 8.52. The van der Waals surface area contributed by atoms with Crippen LogP contribution in [0.15, 0.2) is 0 Å². The van der Waals surface area contributed by atoms with Crippen molar-refractivity contribution in [3.05, 3.63) is 0 Å². The summed E-state index contributed by atoms with van der Waals surface area (Å²) in [6, 6.07) is 0.453. The van der Waals surface area contributed by atoms with Crippen molar-refractivity contribution in [2.75, 3.05) is 13.1 Å². The molecule has 2 N–H and O–H groups in total. The summed E-state index contributed by atoms with van der Waals surface area (Å²) in [6.07, 6.45) is 6.79. The second-order valence-electron chi connectivity index (χ2n) is 4.43. The molecule has 2 aliphatic rings. The lowest BCUT2D eigenvalue weighted by molar-refractivity contribution is 0.0313. The van der Waals surface area contributed by atoms with Gasteiger partial charge in [-0.25, -0.2) is 0 Å². The molecule has 1 saturated heterocycles. The highest BCUT2D eigenvalue weighted by Gasteiger charge is 2.42. The van der Waals surface area contributed by atoms with Crippen LogP contribution in [0.3, 0.4) is 0 Å². The van der Waals surface area contributed by atoms with Crippen molar-refractivity contribution in [2.45, 2.75) is 50.6 Å². The minimum absolute atomic E-state index is 0.453. The van der Waals surface area contributed by atoms with E-state index in [1.807, 2.05) is 0 Å². The number of likely N-dealkylation sites (tertiary alicyclic amines) is 1. The molecule has 12 heavy (non-hydrogen) atoms. The molecule has 0 bridgehead atoms. The highest BCUT2D eigenvalue weighted by molar-refractivity contribution is 5.00. The normalized spacial score (nSPS) is 35.0. The van der Waals surface area contributed by atoms with E-state index < -0.39 is 0 Å². The Hall–Kier alpha value is -0.0800. The van der Waals surface area contributed by atoms with Gasteiger partial charge in [-0.1, -0.05) is 6.92 Å². The molecule has 0 aromatic heterocycles. The molecule has 0 aromatic carbocycles. The molecule has 70 valence electrons. The highest BCUT2D eigenvalue weighted by atomic mass is 15.2. The standard InChI is InChI=1S/C10H20N2/c1-2-10(5-3-6-10)12-7-4-9(11)8-12/h9H,2-8,11H2,1H3. The maximum absolute atomic E-state index is 5.91. The Morgan fingerprint density at radius 3 is 2.58 bits per heavy atom. The van der Waals surface area contributed by atoms with Gasteiger partial charge in [0, 0.05) is 24.7 Å². The molecule has 0 spiro atoms. The van der Waals surface area contributed by atoms with Gasteiger partial charge in [0.2, 0.25) is 0 Å². The van der Waals surface area contributed by atoms with Gasteiger partial charge in [0.25, 0.3) is 0 Å². The lowest BCUT2D eigenvalue weighted by Gasteiger charge is -2.48. The van der Waals surface area contributed by atoms with E-state index >= 15 is 0 Å². The first-order chi connectivity index (χ1) is 5.77. The van der Waals surface area contributed by atoms with Crippen LogP contribution >= 0.6 is 0 Å². The Balaban J connectivity index is 1.98. The lowest BCUT2D eigenvalue weighted by atomic mass is 9.73. The maximum atomic E-state index is 5.91. The molecule has 1 heterocycles. The Morgan fingerprint density at radius 1 is 1.50 bits per heavy atom. The number of rotatable bonds is 2. The van der Waals surface area contributed by atoms with E-state index in [9.17, 15) is 0 Å². The monoisotopic (exact) mass is 168 g/mol. The number of hydrogen-bond donors (Lipinski definition) is 1. The molecule has 2 heteroatoms. The lowest BCUT2D eigenvalue weighted by Crippen LogP contribution is -2.52. The quantitative estimate of drug-likeness (QED) is 0.674. The Kier molecular flexibility index (Phi) is 2.13. The van der Waals surface area contributed by atoms with Crippen molar-refractivity contribution in [3.8, 4) is 0 Å². The predicted molar refractivity (Wildman–Crippen MR) is 51.0 cm³/mol. The van der Waals surface area contributed by atoms with Crippen LogP contribution in [0.4, 0.5) is 0 Å². The molecule has 0 amide bonds.